The number of benzene rings is 1. The zero-order valence-electron chi connectivity index (χ0n) is 13.8. The number of halogens is 1. The number of carbonyl (C=O) groups is 2. The first-order chi connectivity index (χ1) is 11.5. The van der Waals surface area contributed by atoms with Gasteiger partial charge in [-0.1, -0.05) is 12.1 Å². The largest absolute Gasteiger partial charge is 0.387 e. The van der Waals surface area contributed by atoms with E-state index in [1.165, 1.54) is 24.3 Å². The Morgan fingerprint density at radius 3 is 2.58 bits per heavy atom. The molecule has 3 rings (SSSR count). The molecule has 5 nitrogen and oxygen atoms in total. The number of aliphatic hydroxyl groups is 1. The van der Waals surface area contributed by atoms with Crippen molar-refractivity contribution in [3.8, 4) is 0 Å². The molecule has 0 bridgehead atoms. The first kappa shape index (κ1) is 16.9. The topological polar surface area (TPSA) is 60.9 Å². The number of hydrogen-bond acceptors (Lipinski definition) is 3. The first-order valence-electron chi connectivity index (χ1n) is 8.51. The number of rotatable bonds is 6. The van der Waals surface area contributed by atoms with Crippen molar-refractivity contribution in [3.63, 3.8) is 0 Å². The van der Waals surface area contributed by atoms with Gasteiger partial charge in [0, 0.05) is 25.6 Å². The minimum atomic E-state index is -0.852. The monoisotopic (exact) mass is 334 g/mol. The summed E-state index contributed by atoms with van der Waals surface area (Å²) in [5.41, 5.74) is 0.590. The summed E-state index contributed by atoms with van der Waals surface area (Å²) >= 11 is 0. The summed E-state index contributed by atoms with van der Waals surface area (Å²) < 4.78 is 13.0. The van der Waals surface area contributed by atoms with Crippen molar-refractivity contribution in [2.45, 2.75) is 38.3 Å². The van der Waals surface area contributed by atoms with Crippen molar-refractivity contribution in [1.82, 2.24) is 9.80 Å². The molecule has 0 spiro atoms. The van der Waals surface area contributed by atoms with Crippen LogP contribution in [0.25, 0.3) is 0 Å². The van der Waals surface area contributed by atoms with Gasteiger partial charge in [-0.3, -0.25) is 9.59 Å². The van der Waals surface area contributed by atoms with Gasteiger partial charge in [0.25, 0.3) is 0 Å². The molecule has 2 unspecified atom stereocenters. The van der Waals surface area contributed by atoms with E-state index >= 15 is 0 Å². The number of hydrogen-bond donors (Lipinski definition) is 1. The Hall–Kier alpha value is -1.95. The standard InChI is InChI=1S/C18H23FN2O3/c1-2-20-10-13(9-17(20)23)18(24)21(15-7-8-15)11-16(22)12-3-5-14(19)6-4-12/h3-6,13,15-16,22H,2,7-11H2,1H3. The predicted octanol–water partition coefficient (Wildman–Crippen LogP) is 1.72. The Morgan fingerprint density at radius 2 is 2.04 bits per heavy atom. The number of nitrogens with zero attached hydrogens (tertiary/aromatic N) is 2. The Bertz CT molecular complexity index is 615. The number of carbonyl (C=O) groups excluding carboxylic acids is 2. The molecular formula is C18H23FN2O3. The van der Waals surface area contributed by atoms with E-state index < -0.39 is 6.10 Å². The third-order valence-corrected chi connectivity index (χ3v) is 4.84. The van der Waals surface area contributed by atoms with Crippen LogP contribution < -0.4 is 0 Å². The van der Waals surface area contributed by atoms with Crippen LogP contribution in [0.3, 0.4) is 0 Å². The van der Waals surface area contributed by atoms with Crippen molar-refractivity contribution in [1.29, 1.82) is 0 Å². The van der Waals surface area contributed by atoms with Crippen LogP contribution in [0.4, 0.5) is 4.39 Å². The molecular weight excluding hydrogens is 311 g/mol. The molecule has 1 saturated heterocycles. The van der Waals surface area contributed by atoms with Gasteiger partial charge in [-0.15, -0.1) is 0 Å². The predicted molar refractivity (Wildman–Crippen MR) is 86.5 cm³/mol. The maximum absolute atomic E-state index is 13.0. The number of likely N-dealkylation sites (tertiary alicyclic amines) is 1. The Labute approximate surface area is 141 Å². The van der Waals surface area contributed by atoms with E-state index in [9.17, 15) is 19.1 Å². The molecule has 1 saturated carbocycles. The van der Waals surface area contributed by atoms with Crippen LogP contribution in [0, 0.1) is 11.7 Å². The van der Waals surface area contributed by atoms with Crippen LogP contribution in [-0.4, -0.2) is 52.4 Å². The van der Waals surface area contributed by atoms with Crippen molar-refractivity contribution in [3.05, 3.63) is 35.6 Å². The summed E-state index contributed by atoms with van der Waals surface area (Å²) in [6.45, 7) is 3.17. The zero-order chi connectivity index (χ0) is 17.3. The Balaban J connectivity index is 1.67. The lowest BCUT2D eigenvalue weighted by molar-refractivity contribution is -0.137. The summed E-state index contributed by atoms with van der Waals surface area (Å²) in [6.07, 6.45) is 1.26. The number of amides is 2. The smallest absolute Gasteiger partial charge is 0.228 e. The van der Waals surface area contributed by atoms with Gasteiger partial charge in [-0.05, 0) is 37.5 Å². The molecule has 0 aromatic heterocycles. The van der Waals surface area contributed by atoms with Gasteiger partial charge in [0.1, 0.15) is 5.82 Å². The van der Waals surface area contributed by atoms with Gasteiger partial charge in [0.15, 0.2) is 0 Å². The van der Waals surface area contributed by atoms with Gasteiger partial charge >= 0.3 is 0 Å². The molecule has 1 aliphatic carbocycles. The van der Waals surface area contributed by atoms with Gasteiger partial charge in [0.05, 0.1) is 18.6 Å². The molecule has 1 N–H and O–H groups in total. The highest BCUT2D eigenvalue weighted by Crippen LogP contribution is 2.32. The van der Waals surface area contributed by atoms with Crippen LogP contribution in [0.2, 0.25) is 0 Å². The average molecular weight is 334 g/mol. The molecule has 2 amide bonds. The quantitative estimate of drug-likeness (QED) is 0.862. The van der Waals surface area contributed by atoms with Gasteiger partial charge in [-0.2, -0.15) is 0 Å². The lowest BCUT2D eigenvalue weighted by Gasteiger charge is -2.28. The molecule has 1 aliphatic heterocycles. The average Bonchev–Trinajstić information content (AvgIpc) is 3.34. The molecule has 2 atom stereocenters. The second-order valence-corrected chi connectivity index (χ2v) is 6.62. The van der Waals surface area contributed by atoms with Crippen molar-refractivity contribution >= 4 is 11.8 Å². The fourth-order valence-electron chi connectivity index (χ4n) is 3.26. The third kappa shape index (κ3) is 3.59. The van der Waals surface area contributed by atoms with Crippen molar-refractivity contribution < 1.29 is 19.1 Å². The molecule has 1 aromatic carbocycles. The molecule has 1 heterocycles. The lowest BCUT2D eigenvalue weighted by atomic mass is 10.0. The van der Waals surface area contributed by atoms with E-state index in [-0.39, 0.29) is 42.6 Å². The lowest BCUT2D eigenvalue weighted by Crippen LogP contribution is -2.41. The van der Waals surface area contributed by atoms with Gasteiger partial charge in [0.2, 0.25) is 11.8 Å². The van der Waals surface area contributed by atoms with E-state index in [0.717, 1.165) is 12.8 Å². The summed E-state index contributed by atoms with van der Waals surface area (Å²) in [7, 11) is 0. The van der Waals surface area contributed by atoms with E-state index in [2.05, 4.69) is 0 Å². The zero-order valence-corrected chi connectivity index (χ0v) is 13.8. The van der Waals surface area contributed by atoms with E-state index in [4.69, 9.17) is 0 Å². The second-order valence-electron chi connectivity index (χ2n) is 6.62. The van der Waals surface area contributed by atoms with Gasteiger partial charge < -0.3 is 14.9 Å². The van der Waals surface area contributed by atoms with Crippen molar-refractivity contribution in [2.75, 3.05) is 19.6 Å². The molecule has 130 valence electrons. The SMILES string of the molecule is CCN1CC(C(=O)N(CC(O)c2ccc(F)cc2)C2CC2)CC1=O. The minimum absolute atomic E-state index is 0.0191. The fraction of sp³-hybridized carbons (Fsp3) is 0.556. The van der Waals surface area contributed by atoms with Crippen LogP contribution >= 0.6 is 0 Å². The second kappa shape index (κ2) is 6.89. The first-order valence-corrected chi connectivity index (χ1v) is 8.51. The fourth-order valence-corrected chi connectivity index (χ4v) is 3.26. The highest BCUT2D eigenvalue weighted by molar-refractivity contribution is 5.89. The highest BCUT2D eigenvalue weighted by Gasteiger charge is 2.41. The third-order valence-electron chi connectivity index (χ3n) is 4.84. The van der Waals surface area contributed by atoms with Crippen LogP contribution in [0.15, 0.2) is 24.3 Å². The van der Waals surface area contributed by atoms with E-state index in [1.807, 2.05) is 6.92 Å². The highest BCUT2D eigenvalue weighted by atomic mass is 19.1. The summed E-state index contributed by atoms with van der Waals surface area (Å²) in [5.74, 6) is -0.711. The van der Waals surface area contributed by atoms with Gasteiger partial charge in [-0.25, -0.2) is 4.39 Å². The molecule has 6 heteroatoms. The molecule has 0 radical (unpaired) electrons. The summed E-state index contributed by atoms with van der Waals surface area (Å²) in [5, 5.41) is 10.4. The maximum atomic E-state index is 13.0. The maximum Gasteiger partial charge on any atom is 0.228 e. The summed E-state index contributed by atoms with van der Waals surface area (Å²) in [6, 6.07) is 5.83. The molecule has 1 aromatic rings. The van der Waals surface area contributed by atoms with E-state index in [0.29, 0.717) is 18.7 Å². The van der Waals surface area contributed by atoms with Crippen LogP contribution in [0.1, 0.15) is 37.9 Å². The normalized spacial score (nSPS) is 21.9. The Morgan fingerprint density at radius 1 is 1.38 bits per heavy atom. The minimum Gasteiger partial charge on any atom is -0.387 e. The summed E-state index contributed by atoms with van der Waals surface area (Å²) in [4.78, 5) is 28.1. The van der Waals surface area contributed by atoms with Crippen molar-refractivity contribution in [2.24, 2.45) is 5.92 Å². The van der Waals surface area contributed by atoms with Crippen LogP contribution in [0.5, 0.6) is 0 Å². The Kier molecular flexibility index (Phi) is 4.85. The molecule has 2 fully saturated rings. The van der Waals surface area contributed by atoms with E-state index in [1.54, 1.807) is 9.80 Å². The van der Waals surface area contributed by atoms with Crippen LogP contribution in [-0.2, 0) is 9.59 Å². The number of aliphatic hydroxyl groups excluding tert-OH is 1. The molecule has 24 heavy (non-hydrogen) atoms. The molecule has 2 aliphatic rings.